The van der Waals surface area contributed by atoms with Crippen LogP contribution in [0.3, 0.4) is 0 Å². The Morgan fingerprint density at radius 3 is 2.34 bits per heavy atom. The average Bonchev–Trinajstić information content (AvgIpc) is 3.38. The van der Waals surface area contributed by atoms with Crippen molar-refractivity contribution in [3.63, 3.8) is 0 Å². The van der Waals surface area contributed by atoms with Gasteiger partial charge in [0.1, 0.15) is 6.04 Å². The highest BCUT2D eigenvalue weighted by atomic mass is 16.4. The summed E-state index contributed by atoms with van der Waals surface area (Å²) in [6, 6.07) is 7.96. The zero-order valence-corrected chi connectivity index (χ0v) is 16.3. The fourth-order valence-corrected chi connectivity index (χ4v) is 4.03. The molecule has 8 heteroatoms. The van der Waals surface area contributed by atoms with Crippen LogP contribution in [0, 0.1) is 5.92 Å². The topological polar surface area (TPSA) is 141 Å². The van der Waals surface area contributed by atoms with Crippen molar-refractivity contribution in [2.75, 3.05) is 0 Å². The summed E-state index contributed by atoms with van der Waals surface area (Å²) in [6.45, 7) is 6.01. The number of furan rings is 2. The van der Waals surface area contributed by atoms with E-state index in [-0.39, 0.29) is 18.0 Å². The number of hydrogen-bond acceptors (Lipinski definition) is 6. The number of piperidine rings is 1. The summed E-state index contributed by atoms with van der Waals surface area (Å²) in [5.74, 6) is -2.06. The van der Waals surface area contributed by atoms with Crippen molar-refractivity contribution in [2.24, 2.45) is 5.92 Å². The highest BCUT2D eigenvalue weighted by molar-refractivity contribution is 6.26. The number of aliphatic hydroxyl groups is 1. The minimum atomic E-state index is -2.07. The van der Waals surface area contributed by atoms with Crippen LogP contribution in [0.5, 0.6) is 0 Å². The second-order valence-electron chi connectivity index (χ2n) is 7.14. The third-order valence-electron chi connectivity index (χ3n) is 5.19. The third kappa shape index (κ3) is 5.58. The van der Waals surface area contributed by atoms with E-state index in [2.05, 4.69) is 18.8 Å². The van der Waals surface area contributed by atoms with Crippen LogP contribution in [0.4, 0.5) is 0 Å². The number of carboxylic acids is 2. The number of rotatable bonds is 6. The Morgan fingerprint density at radius 1 is 1.31 bits per heavy atom. The van der Waals surface area contributed by atoms with Gasteiger partial charge in [-0.1, -0.05) is 19.4 Å². The molecule has 0 saturated carbocycles. The Labute approximate surface area is 168 Å². The van der Waals surface area contributed by atoms with Crippen molar-refractivity contribution < 1.29 is 39.1 Å². The Hall–Kier alpha value is -2.84. The van der Waals surface area contributed by atoms with E-state index in [9.17, 15) is 5.11 Å². The van der Waals surface area contributed by atoms with Gasteiger partial charge in [0, 0.05) is 12.3 Å². The molecule has 0 bridgehead atoms. The third-order valence-corrected chi connectivity index (χ3v) is 5.19. The minimum Gasteiger partial charge on any atom is -0.539 e. The first-order chi connectivity index (χ1) is 13.8. The number of hydrogen-bond donors (Lipinski definition) is 3. The van der Waals surface area contributed by atoms with E-state index in [1.165, 1.54) is 0 Å². The lowest BCUT2D eigenvalue weighted by Gasteiger charge is -2.44. The van der Waals surface area contributed by atoms with Gasteiger partial charge in [-0.25, -0.2) is 4.79 Å². The number of aliphatic carboxylic acids is 2. The van der Waals surface area contributed by atoms with Crippen molar-refractivity contribution >= 4 is 11.9 Å². The molecule has 4 N–H and O–H groups in total. The standard InChI is InChI=1S/C19H25NO3.C2H2O4/c1-3-7-14-18(17-9-6-12-23-17)20-15(16-8-5-11-22-16)13-19(14,21)10-4-2;3-1(4)2(5)6/h4-6,8-9,11-12,14-15,18,20-21H,2-3,7,10,13H2,1H3;(H,3,4)(H,5,6). The van der Waals surface area contributed by atoms with E-state index in [4.69, 9.17) is 28.6 Å². The zero-order chi connectivity index (χ0) is 21.4. The van der Waals surface area contributed by atoms with Crippen LogP contribution in [0.25, 0.3) is 0 Å². The number of carbonyl (C=O) groups is 2. The predicted molar refractivity (Wildman–Crippen MR) is 100 cm³/mol. The highest BCUT2D eigenvalue weighted by Gasteiger charge is 2.51. The van der Waals surface area contributed by atoms with Crippen LogP contribution in [0.2, 0.25) is 0 Å². The molecule has 1 aliphatic heterocycles. The Balaban J connectivity index is 0.000000438. The molecule has 1 fully saturated rings. The molecule has 158 valence electrons. The van der Waals surface area contributed by atoms with Gasteiger partial charge < -0.3 is 34.3 Å². The summed E-state index contributed by atoms with van der Waals surface area (Å²) in [4.78, 5) is 18.0. The summed E-state index contributed by atoms with van der Waals surface area (Å²) in [5, 5.41) is 30.0. The quantitative estimate of drug-likeness (QED) is 0.484. The predicted octanol–water partition coefficient (Wildman–Crippen LogP) is 1.17. The lowest BCUT2D eigenvalue weighted by atomic mass is 9.69. The summed E-state index contributed by atoms with van der Waals surface area (Å²) >= 11 is 0. The Morgan fingerprint density at radius 2 is 1.90 bits per heavy atom. The lowest BCUT2D eigenvalue weighted by Crippen LogP contribution is -2.91. The largest absolute Gasteiger partial charge is 0.539 e. The molecular formula is C21H27NO7. The molecule has 1 aliphatic rings. The fourth-order valence-electron chi connectivity index (χ4n) is 4.03. The maximum absolute atomic E-state index is 11.4. The maximum atomic E-state index is 11.4. The summed E-state index contributed by atoms with van der Waals surface area (Å²) in [6.07, 6.45) is 8.45. The van der Waals surface area contributed by atoms with Gasteiger partial charge in [-0.2, -0.15) is 0 Å². The van der Waals surface area contributed by atoms with E-state index in [0.29, 0.717) is 12.8 Å². The molecule has 0 radical (unpaired) electrons. The first kappa shape index (κ1) is 22.4. The van der Waals surface area contributed by atoms with Crippen LogP contribution >= 0.6 is 0 Å². The second kappa shape index (κ2) is 10.1. The second-order valence-corrected chi connectivity index (χ2v) is 7.14. The number of carboxylic acid groups (broad SMARTS) is 2. The lowest BCUT2D eigenvalue weighted by molar-refractivity contribution is -0.760. The molecule has 1 saturated heterocycles. The molecule has 0 amide bonds. The Kier molecular flexibility index (Phi) is 7.81. The SMILES string of the molecule is C=CCC1(O)CC(c2ccco2)[NH2+]C(c2ccco2)C1CCC.O=C([O-])C(=O)O. The summed E-state index contributed by atoms with van der Waals surface area (Å²) in [5.41, 5.74) is -0.790. The van der Waals surface area contributed by atoms with E-state index in [1.807, 2.05) is 30.3 Å². The van der Waals surface area contributed by atoms with Crippen LogP contribution in [-0.2, 0) is 9.59 Å². The van der Waals surface area contributed by atoms with Crippen molar-refractivity contribution in [3.8, 4) is 0 Å². The molecule has 0 aliphatic carbocycles. The van der Waals surface area contributed by atoms with E-state index in [1.54, 1.807) is 12.5 Å². The van der Waals surface area contributed by atoms with Crippen LogP contribution in [0.1, 0.15) is 56.2 Å². The number of nitrogens with two attached hydrogens (primary N) is 1. The van der Waals surface area contributed by atoms with Crippen LogP contribution in [0.15, 0.2) is 58.3 Å². The fraction of sp³-hybridized carbons (Fsp3) is 0.429. The van der Waals surface area contributed by atoms with E-state index in [0.717, 1.165) is 24.4 Å². The molecular weight excluding hydrogens is 378 g/mol. The van der Waals surface area contributed by atoms with Crippen LogP contribution in [-0.4, -0.2) is 27.8 Å². The van der Waals surface area contributed by atoms with Crippen molar-refractivity contribution in [1.82, 2.24) is 0 Å². The normalized spacial score (nSPS) is 26.2. The van der Waals surface area contributed by atoms with Gasteiger partial charge in [0.2, 0.25) is 0 Å². The molecule has 2 aromatic rings. The van der Waals surface area contributed by atoms with Crippen molar-refractivity contribution in [2.45, 2.75) is 50.3 Å². The monoisotopic (exact) mass is 405 g/mol. The van der Waals surface area contributed by atoms with Crippen molar-refractivity contribution in [3.05, 3.63) is 61.0 Å². The van der Waals surface area contributed by atoms with E-state index >= 15 is 0 Å². The number of quaternary nitrogens is 1. The molecule has 2 aromatic heterocycles. The minimum absolute atomic E-state index is 0.0816. The van der Waals surface area contributed by atoms with Gasteiger partial charge >= 0.3 is 5.97 Å². The summed E-state index contributed by atoms with van der Waals surface area (Å²) in [7, 11) is 0. The van der Waals surface area contributed by atoms with Gasteiger partial charge in [0.05, 0.1) is 18.1 Å². The molecule has 8 nitrogen and oxygen atoms in total. The van der Waals surface area contributed by atoms with Gasteiger partial charge in [0.15, 0.2) is 23.5 Å². The molecule has 3 heterocycles. The van der Waals surface area contributed by atoms with Crippen molar-refractivity contribution in [1.29, 1.82) is 0 Å². The molecule has 0 aromatic carbocycles. The highest BCUT2D eigenvalue weighted by Crippen LogP contribution is 2.43. The average molecular weight is 405 g/mol. The van der Waals surface area contributed by atoms with E-state index < -0.39 is 17.5 Å². The maximum Gasteiger partial charge on any atom is 0.351 e. The first-order valence-corrected chi connectivity index (χ1v) is 9.51. The van der Waals surface area contributed by atoms with Crippen LogP contribution < -0.4 is 10.4 Å². The summed E-state index contributed by atoms with van der Waals surface area (Å²) < 4.78 is 11.3. The number of carbonyl (C=O) groups excluding carboxylic acids is 1. The van der Waals surface area contributed by atoms with Gasteiger partial charge in [-0.05, 0) is 37.1 Å². The van der Waals surface area contributed by atoms with Gasteiger partial charge in [0.25, 0.3) is 0 Å². The molecule has 29 heavy (non-hydrogen) atoms. The molecule has 3 rings (SSSR count). The Bertz CT molecular complexity index is 772. The van der Waals surface area contributed by atoms with Gasteiger partial charge in [-0.3, -0.25) is 0 Å². The smallest absolute Gasteiger partial charge is 0.351 e. The molecule has 0 spiro atoms. The molecule has 4 atom stereocenters. The first-order valence-electron chi connectivity index (χ1n) is 9.51. The molecule has 4 unspecified atom stereocenters. The van der Waals surface area contributed by atoms with Gasteiger partial charge in [-0.15, -0.1) is 6.58 Å². The zero-order valence-electron chi connectivity index (χ0n) is 16.3.